The van der Waals surface area contributed by atoms with E-state index < -0.39 is 43.3 Å². The van der Waals surface area contributed by atoms with Crippen molar-refractivity contribution in [2.75, 3.05) is 13.7 Å². The fourth-order valence-corrected chi connectivity index (χ4v) is 3.41. The van der Waals surface area contributed by atoms with Crippen molar-refractivity contribution in [1.82, 2.24) is 5.06 Å². The summed E-state index contributed by atoms with van der Waals surface area (Å²) < 4.78 is 5.70. The first-order chi connectivity index (χ1) is 13.1. The molecule has 1 heterocycles. The number of aliphatic hydroxyl groups is 4. The second kappa shape index (κ2) is 8.90. The van der Waals surface area contributed by atoms with Crippen LogP contribution in [0.4, 0.5) is 0 Å². The smallest absolute Gasteiger partial charge is 0.163 e. The Labute approximate surface area is 158 Å². The fourth-order valence-electron chi connectivity index (χ4n) is 3.41. The molecule has 27 heavy (non-hydrogen) atoms. The summed E-state index contributed by atoms with van der Waals surface area (Å²) in [6.45, 7) is -0.500. The van der Waals surface area contributed by atoms with Crippen LogP contribution in [0.1, 0.15) is 17.2 Å². The van der Waals surface area contributed by atoms with E-state index in [1.54, 1.807) is 0 Å². The van der Waals surface area contributed by atoms with Gasteiger partial charge in [0.2, 0.25) is 0 Å². The Morgan fingerprint density at radius 3 is 1.85 bits per heavy atom. The van der Waals surface area contributed by atoms with Gasteiger partial charge in [-0.25, -0.2) is 0 Å². The fraction of sp³-hybridized carbons (Fsp3) is 0.400. The van der Waals surface area contributed by atoms with E-state index in [4.69, 9.17) is 9.57 Å². The van der Waals surface area contributed by atoms with Crippen LogP contribution in [0.3, 0.4) is 0 Å². The number of aliphatic hydroxyl groups excluding tert-OH is 4. The molecule has 0 bridgehead atoms. The Hall–Kier alpha value is -1.84. The topological polar surface area (TPSA) is 103 Å². The highest BCUT2D eigenvalue weighted by Crippen LogP contribution is 2.34. The quantitative estimate of drug-likeness (QED) is 0.543. The number of hydrogen-bond acceptors (Lipinski definition) is 7. The van der Waals surface area contributed by atoms with Crippen molar-refractivity contribution in [3.8, 4) is 0 Å². The van der Waals surface area contributed by atoms with Gasteiger partial charge in [-0.1, -0.05) is 60.7 Å². The van der Waals surface area contributed by atoms with Gasteiger partial charge in [-0.05, 0) is 11.1 Å². The Morgan fingerprint density at radius 1 is 0.889 bits per heavy atom. The van der Waals surface area contributed by atoms with Gasteiger partial charge in [0.15, 0.2) is 6.23 Å². The summed E-state index contributed by atoms with van der Waals surface area (Å²) in [5.41, 5.74) is 1.78. The van der Waals surface area contributed by atoms with Crippen molar-refractivity contribution in [3.05, 3.63) is 71.8 Å². The van der Waals surface area contributed by atoms with Gasteiger partial charge in [0.05, 0.1) is 19.8 Å². The first-order valence-electron chi connectivity index (χ1n) is 8.81. The molecule has 1 fully saturated rings. The standard InChI is InChI=1S/C20H25NO6/c1-26-21(20-19(25)18(24)17(23)15(12-22)27-20)16(13-8-4-2-5-9-13)14-10-6-3-7-11-14/h2-11,15-20,22-25H,12H2,1H3/t15?,17-,18+,19?,20-/m1/s1. The van der Waals surface area contributed by atoms with Crippen molar-refractivity contribution < 1.29 is 30.0 Å². The van der Waals surface area contributed by atoms with Crippen molar-refractivity contribution in [1.29, 1.82) is 0 Å². The zero-order valence-corrected chi connectivity index (χ0v) is 15.0. The van der Waals surface area contributed by atoms with E-state index >= 15 is 0 Å². The number of hydroxylamine groups is 2. The lowest BCUT2D eigenvalue weighted by Gasteiger charge is -2.45. The van der Waals surface area contributed by atoms with E-state index in [9.17, 15) is 20.4 Å². The normalized spacial score (nSPS) is 28.6. The van der Waals surface area contributed by atoms with Gasteiger partial charge in [0.1, 0.15) is 24.4 Å². The molecule has 0 aromatic heterocycles. The van der Waals surface area contributed by atoms with Gasteiger partial charge in [-0.2, -0.15) is 0 Å². The van der Waals surface area contributed by atoms with E-state index in [1.807, 2.05) is 60.7 Å². The van der Waals surface area contributed by atoms with Crippen LogP contribution < -0.4 is 0 Å². The van der Waals surface area contributed by atoms with E-state index in [2.05, 4.69) is 0 Å². The molecule has 1 saturated heterocycles. The number of ether oxygens (including phenoxy) is 1. The minimum Gasteiger partial charge on any atom is -0.394 e. The molecular formula is C20H25NO6. The van der Waals surface area contributed by atoms with Gasteiger partial charge in [-0.15, -0.1) is 5.06 Å². The summed E-state index contributed by atoms with van der Waals surface area (Å²) in [7, 11) is 1.44. The third-order valence-corrected chi connectivity index (χ3v) is 4.81. The summed E-state index contributed by atoms with van der Waals surface area (Å²) in [6.07, 6.45) is -6.45. The van der Waals surface area contributed by atoms with Crippen molar-refractivity contribution in [3.63, 3.8) is 0 Å². The minimum atomic E-state index is -1.48. The lowest BCUT2D eigenvalue weighted by molar-refractivity contribution is -0.337. The molecule has 0 radical (unpaired) electrons. The Bertz CT molecular complexity index is 659. The van der Waals surface area contributed by atoms with Gasteiger partial charge >= 0.3 is 0 Å². The largest absolute Gasteiger partial charge is 0.394 e. The van der Waals surface area contributed by atoms with Crippen LogP contribution in [-0.4, -0.2) is 69.8 Å². The molecule has 3 rings (SSSR count). The van der Waals surface area contributed by atoms with Crippen LogP contribution in [0, 0.1) is 0 Å². The SMILES string of the molecule is CON(C(c1ccccc1)c1ccccc1)[C@@H]1OC(CO)[C@@H](O)[C@H](O)C1O. The van der Waals surface area contributed by atoms with Crippen LogP contribution in [0.15, 0.2) is 60.7 Å². The molecule has 1 aliphatic heterocycles. The lowest BCUT2D eigenvalue weighted by atomic mass is 9.94. The van der Waals surface area contributed by atoms with Gasteiger partial charge in [0, 0.05) is 0 Å². The average molecular weight is 375 g/mol. The van der Waals surface area contributed by atoms with Crippen LogP contribution in [-0.2, 0) is 9.57 Å². The number of benzene rings is 2. The number of nitrogens with zero attached hydrogens (tertiary/aromatic N) is 1. The summed E-state index contributed by atoms with van der Waals surface area (Å²) >= 11 is 0. The second-order valence-electron chi connectivity index (χ2n) is 6.49. The van der Waals surface area contributed by atoms with Crippen LogP contribution in [0.5, 0.6) is 0 Å². The maximum Gasteiger partial charge on any atom is 0.163 e. The maximum absolute atomic E-state index is 10.5. The lowest BCUT2D eigenvalue weighted by Crippen LogP contribution is -2.63. The molecule has 4 N–H and O–H groups in total. The van der Waals surface area contributed by atoms with Crippen LogP contribution in [0.25, 0.3) is 0 Å². The van der Waals surface area contributed by atoms with E-state index in [1.165, 1.54) is 12.2 Å². The molecule has 0 spiro atoms. The molecule has 0 aliphatic carbocycles. The second-order valence-corrected chi connectivity index (χ2v) is 6.49. The molecule has 1 aliphatic rings. The Morgan fingerprint density at radius 2 is 1.41 bits per heavy atom. The van der Waals surface area contributed by atoms with Gasteiger partial charge in [0.25, 0.3) is 0 Å². The highest BCUT2D eigenvalue weighted by atomic mass is 16.7. The predicted molar refractivity (Wildman–Crippen MR) is 97.3 cm³/mol. The van der Waals surface area contributed by atoms with Crippen LogP contribution >= 0.6 is 0 Å². The third-order valence-electron chi connectivity index (χ3n) is 4.81. The Balaban J connectivity index is 2.01. The maximum atomic E-state index is 10.5. The molecule has 7 heteroatoms. The molecule has 2 unspecified atom stereocenters. The zero-order chi connectivity index (χ0) is 19.4. The van der Waals surface area contributed by atoms with Crippen LogP contribution in [0.2, 0.25) is 0 Å². The number of hydrogen-bond donors (Lipinski definition) is 4. The summed E-state index contributed by atoms with van der Waals surface area (Å²) in [5, 5.41) is 41.6. The van der Waals surface area contributed by atoms with Gasteiger partial charge < -0.3 is 25.2 Å². The van der Waals surface area contributed by atoms with E-state index in [-0.39, 0.29) is 0 Å². The third kappa shape index (κ3) is 4.04. The predicted octanol–water partition coefficient (Wildman–Crippen LogP) is 0.439. The Kier molecular flexibility index (Phi) is 6.56. The molecule has 5 atom stereocenters. The highest BCUT2D eigenvalue weighted by molar-refractivity contribution is 5.31. The highest BCUT2D eigenvalue weighted by Gasteiger charge is 2.48. The first-order valence-corrected chi connectivity index (χ1v) is 8.81. The summed E-state index contributed by atoms with van der Waals surface area (Å²) in [4.78, 5) is 5.58. The molecule has 7 nitrogen and oxygen atoms in total. The molecule has 0 saturated carbocycles. The van der Waals surface area contributed by atoms with Crippen molar-refractivity contribution in [2.45, 2.75) is 36.7 Å². The summed E-state index contributed by atoms with van der Waals surface area (Å²) in [6, 6.07) is 18.6. The van der Waals surface area contributed by atoms with E-state index in [0.717, 1.165) is 11.1 Å². The molecule has 0 amide bonds. The minimum absolute atomic E-state index is 0.446. The molecule has 146 valence electrons. The van der Waals surface area contributed by atoms with E-state index in [0.29, 0.717) is 0 Å². The van der Waals surface area contributed by atoms with Gasteiger partial charge in [-0.3, -0.25) is 4.84 Å². The average Bonchev–Trinajstić information content (AvgIpc) is 2.72. The zero-order valence-electron chi connectivity index (χ0n) is 15.0. The van der Waals surface area contributed by atoms with Crippen molar-refractivity contribution in [2.24, 2.45) is 0 Å². The molecule has 2 aromatic rings. The number of rotatable bonds is 6. The molecular weight excluding hydrogens is 350 g/mol. The first kappa shape index (κ1) is 19.9. The van der Waals surface area contributed by atoms with Crippen molar-refractivity contribution >= 4 is 0 Å². The monoisotopic (exact) mass is 375 g/mol. The molecule has 2 aromatic carbocycles. The summed E-state index contributed by atoms with van der Waals surface area (Å²) in [5.74, 6) is 0.